The Morgan fingerprint density at radius 3 is 2.45 bits per heavy atom. The van der Waals surface area contributed by atoms with E-state index in [1.165, 1.54) is 0 Å². The van der Waals surface area contributed by atoms with Crippen LogP contribution in [0, 0.1) is 6.92 Å². The molecule has 1 fully saturated rings. The van der Waals surface area contributed by atoms with Crippen molar-refractivity contribution in [2.24, 2.45) is 0 Å². The molecule has 7 heteroatoms. The molecule has 3 heterocycles. The summed E-state index contributed by atoms with van der Waals surface area (Å²) in [5.74, 6) is 1.50. The summed E-state index contributed by atoms with van der Waals surface area (Å²) in [5.41, 5.74) is 3.28. The number of nitrogens with zero attached hydrogens (tertiary/aromatic N) is 5. The second-order valence-electron chi connectivity index (χ2n) is 7.07. The lowest BCUT2D eigenvalue weighted by Crippen LogP contribution is -2.32. The topological polar surface area (TPSA) is 71.5 Å². The molecule has 4 rings (SSSR count). The van der Waals surface area contributed by atoms with E-state index in [4.69, 9.17) is 14.7 Å². The summed E-state index contributed by atoms with van der Waals surface area (Å²) in [7, 11) is 0. The summed E-state index contributed by atoms with van der Waals surface area (Å²) >= 11 is 0. The number of carbonyl (C=O) groups excluding carboxylic acids is 1. The van der Waals surface area contributed by atoms with Gasteiger partial charge in [-0.2, -0.15) is 0 Å². The number of anilines is 2. The molecule has 0 radical (unpaired) electrons. The molecule has 29 heavy (non-hydrogen) atoms. The number of esters is 1. The highest BCUT2D eigenvalue weighted by molar-refractivity contribution is 5.89. The first-order valence-corrected chi connectivity index (χ1v) is 10.0. The van der Waals surface area contributed by atoms with Gasteiger partial charge in [0.25, 0.3) is 0 Å². The Hall–Kier alpha value is -3.22. The Morgan fingerprint density at radius 1 is 1.00 bits per heavy atom. The standard InChI is InChI=1S/C22H25N5O2/c1-3-29-22(28)17-9-10-20(23-15-17)26-11-6-12-27(14-13-26)21-16(2)24-18-7-4-5-8-19(18)25-21/h4-5,7-10,15H,3,6,11-14H2,1-2H3. The van der Waals surface area contributed by atoms with Crippen LogP contribution in [0.2, 0.25) is 0 Å². The third-order valence-corrected chi connectivity index (χ3v) is 5.10. The molecule has 0 spiro atoms. The van der Waals surface area contributed by atoms with Gasteiger partial charge < -0.3 is 14.5 Å². The monoisotopic (exact) mass is 391 g/mol. The zero-order valence-electron chi connectivity index (χ0n) is 16.8. The summed E-state index contributed by atoms with van der Waals surface area (Å²) in [5, 5.41) is 0. The van der Waals surface area contributed by atoms with Gasteiger partial charge in [0.15, 0.2) is 5.82 Å². The number of benzene rings is 1. The molecule has 1 saturated heterocycles. The van der Waals surface area contributed by atoms with Gasteiger partial charge in [-0.3, -0.25) is 0 Å². The highest BCUT2D eigenvalue weighted by atomic mass is 16.5. The van der Waals surface area contributed by atoms with Crippen LogP contribution in [-0.2, 0) is 4.74 Å². The summed E-state index contributed by atoms with van der Waals surface area (Å²) < 4.78 is 5.03. The molecular weight excluding hydrogens is 366 g/mol. The van der Waals surface area contributed by atoms with Crippen LogP contribution in [0.3, 0.4) is 0 Å². The number of rotatable bonds is 4. The molecule has 150 valence electrons. The number of aromatic nitrogens is 3. The lowest BCUT2D eigenvalue weighted by atomic mass is 10.2. The van der Waals surface area contributed by atoms with Crippen LogP contribution in [0.25, 0.3) is 11.0 Å². The van der Waals surface area contributed by atoms with Crippen LogP contribution in [0.15, 0.2) is 42.6 Å². The van der Waals surface area contributed by atoms with Gasteiger partial charge in [0, 0.05) is 32.4 Å². The van der Waals surface area contributed by atoms with E-state index in [9.17, 15) is 4.79 Å². The molecular formula is C22H25N5O2. The Kier molecular flexibility index (Phi) is 5.55. The highest BCUT2D eigenvalue weighted by Gasteiger charge is 2.20. The lowest BCUT2D eigenvalue weighted by Gasteiger charge is -2.24. The van der Waals surface area contributed by atoms with Gasteiger partial charge in [0.05, 0.1) is 28.9 Å². The predicted molar refractivity (Wildman–Crippen MR) is 114 cm³/mol. The van der Waals surface area contributed by atoms with Crippen LogP contribution in [0.5, 0.6) is 0 Å². The van der Waals surface area contributed by atoms with E-state index >= 15 is 0 Å². The first-order valence-electron chi connectivity index (χ1n) is 10.0. The Labute approximate surface area is 170 Å². The molecule has 7 nitrogen and oxygen atoms in total. The SMILES string of the molecule is CCOC(=O)c1ccc(N2CCCN(c3nc4ccccc4nc3C)CC2)nc1. The molecule has 0 amide bonds. The van der Waals surface area contributed by atoms with Gasteiger partial charge in [-0.25, -0.2) is 19.7 Å². The van der Waals surface area contributed by atoms with Crippen LogP contribution >= 0.6 is 0 Å². The molecule has 3 aromatic rings. The van der Waals surface area contributed by atoms with Gasteiger partial charge in [-0.15, -0.1) is 0 Å². The lowest BCUT2D eigenvalue weighted by molar-refractivity contribution is 0.0526. The van der Waals surface area contributed by atoms with Crippen LogP contribution in [0.4, 0.5) is 11.6 Å². The smallest absolute Gasteiger partial charge is 0.339 e. The normalized spacial score (nSPS) is 14.7. The van der Waals surface area contributed by atoms with Crippen LogP contribution < -0.4 is 9.80 Å². The summed E-state index contributed by atoms with van der Waals surface area (Å²) in [6.45, 7) is 7.68. The number of ether oxygens (including phenoxy) is 1. The molecule has 2 aromatic heterocycles. The van der Waals surface area contributed by atoms with Crippen LogP contribution in [0.1, 0.15) is 29.4 Å². The summed E-state index contributed by atoms with van der Waals surface area (Å²) in [6, 6.07) is 11.6. The zero-order valence-corrected chi connectivity index (χ0v) is 16.8. The minimum atomic E-state index is -0.334. The van der Waals surface area contributed by atoms with Gasteiger partial charge >= 0.3 is 5.97 Å². The van der Waals surface area contributed by atoms with Crippen molar-refractivity contribution in [2.45, 2.75) is 20.3 Å². The van der Waals surface area contributed by atoms with Gasteiger partial charge in [-0.05, 0) is 44.5 Å². The van der Waals surface area contributed by atoms with Crippen molar-refractivity contribution in [2.75, 3.05) is 42.6 Å². The number of pyridine rings is 1. The zero-order chi connectivity index (χ0) is 20.2. The van der Waals surface area contributed by atoms with E-state index in [0.717, 1.165) is 61.0 Å². The van der Waals surface area contributed by atoms with Crippen molar-refractivity contribution >= 4 is 28.6 Å². The largest absolute Gasteiger partial charge is 0.462 e. The third kappa shape index (κ3) is 4.13. The number of para-hydroxylation sites is 2. The fraction of sp³-hybridized carbons (Fsp3) is 0.364. The maximum Gasteiger partial charge on any atom is 0.339 e. The Morgan fingerprint density at radius 2 is 1.72 bits per heavy atom. The second-order valence-corrected chi connectivity index (χ2v) is 7.07. The molecule has 0 aliphatic carbocycles. The van der Waals surface area contributed by atoms with E-state index in [0.29, 0.717) is 12.2 Å². The molecule has 1 aliphatic rings. The maximum absolute atomic E-state index is 11.8. The van der Waals surface area contributed by atoms with E-state index in [2.05, 4.69) is 14.8 Å². The van der Waals surface area contributed by atoms with Crippen molar-refractivity contribution in [3.63, 3.8) is 0 Å². The van der Waals surface area contributed by atoms with Crippen molar-refractivity contribution in [3.05, 3.63) is 53.9 Å². The number of fused-ring (bicyclic) bond motifs is 1. The van der Waals surface area contributed by atoms with E-state index in [1.54, 1.807) is 19.2 Å². The molecule has 0 unspecified atom stereocenters. The van der Waals surface area contributed by atoms with Gasteiger partial charge in [0.2, 0.25) is 0 Å². The first-order chi connectivity index (χ1) is 14.2. The maximum atomic E-state index is 11.8. The van der Waals surface area contributed by atoms with Gasteiger partial charge in [-0.1, -0.05) is 12.1 Å². The number of carbonyl (C=O) groups is 1. The van der Waals surface area contributed by atoms with E-state index in [1.807, 2.05) is 37.3 Å². The molecule has 0 atom stereocenters. The Bertz CT molecular complexity index is 1010. The predicted octanol–water partition coefficient (Wildman–Crippen LogP) is 3.23. The second kappa shape index (κ2) is 8.43. The summed E-state index contributed by atoms with van der Waals surface area (Å²) in [4.78, 5) is 30.4. The molecule has 0 saturated carbocycles. The molecule has 1 aromatic carbocycles. The molecule has 1 aliphatic heterocycles. The quantitative estimate of drug-likeness (QED) is 0.632. The minimum Gasteiger partial charge on any atom is -0.462 e. The summed E-state index contributed by atoms with van der Waals surface area (Å²) in [6.07, 6.45) is 2.59. The van der Waals surface area contributed by atoms with Crippen molar-refractivity contribution in [3.8, 4) is 0 Å². The van der Waals surface area contributed by atoms with Gasteiger partial charge in [0.1, 0.15) is 5.82 Å². The first kappa shape index (κ1) is 19.1. The fourth-order valence-electron chi connectivity index (χ4n) is 3.65. The Balaban J connectivity index is 1.48. The van der Waals surface area contributed by atoms with Crippen molar-refractivity contribution < 1.29 is 9.53 Å². The average molecular weight is 391 g/mol. The number of aryl methyl sites for hydroxylation is 1. The molecule has 0 bridgehead atoms. The average Bonchev–Trinajstić information content (AvgIpc) is 3.00. The highest BCUT2D eigenvalue weighted by Crippen LogP contribution is 2.22. The molecule has 0 N–H and O–H groups in total. The van der Waals surface area contributed by atoms with Crippen LogP contribution in [-0.4, -0.2) is 53.7 Å². The fourth-order valence-corrected chi connectivity index (χ4v) is 3.65. The minimum absolute atomic E-state index is 0.334. The van der Waals surface area contributed by atoms with E-state index < -0.39 is 0 Å². The van der Waals surface area contributed by atoms with Crippen molar-refractivity contribution in [1.29, 1.82) is 0 Å². The van der Waals surface area contributed by atoms with Crippen molar-refractivity contribution in [1.82, 2.24) is 15.0 Å². The van der Waals surface area contributed by atoms with E-state index in [-0.39, 0.29) is 5.97 Å². The number of hydrogen-bond donors (Lipinski definition) is 0. The third-order valence-electron chi connectivity index (χ3n) is 5.10. The number of hydrogen-bond acceptors (Lipinski definition) is 7.